The minimum atomic E-state index is -2.79. The van der Waals surface area contributed by atoms with Crippen LogP contribution in [0.3, 0.4) is 0 Å². The van der Waals surface area contributed by atoms with Gasteiger partial charge in [0.15, 0.2) is 11.9 Å². The predicted molar refractivity (Wildman–Crippen MR) is 128 cm³/mol. The van der Waals surface area contributed by atoms with Gasteiger partial charge < -0.3 is 23.4 Å². The van der Waals surface area contributed by atoms with Gasteiger partial charge in [0.1, 0.15) is 11.7 Å². The van der Waals surface area contributed by atoms with Crippen molar-refractivity contribution in [2.24, 2.45) is 0 Å². The Morgan fingerprint density at radius 2 is 1.58 bits per heavy atom. The summed E-state index contributed by atoms with van der Waals surface area (Å²) in [6.45, 7) is 10.8. The van der Waals surface area contributed by atoms with E-state index in [-0.39, 0.29) is 18.3 Å². The number of ether oxygens (including phenoxy) is 4. The van der Waals surface area contributed by atoms with E-state index in [9.17, 15) is 4.79 Å². The van der Waals surface area contributed by atoms with Crippen LogP contribution in [0.1, 0.15) is 34.6 Å². The minimum absolute atomic E-state index is 0.183. The molecule has 0 aliphatic carbocycles. The molecule has 2 saturated heterocycles. The maximum atomic E-state index is 12.4. The molecule has 0 spiro atoms. The van der Waals surface area contributed by atoms with Gasteiger partial charge in [-0.15, -0.1) is 0 Å². The Morgan fingerprint density at radius 3 is 2.06 bits per heavy atom. The molecule has 0 unspecified atom stereocenters. The topological polar surface area (TPSA) is 63.2 Å². The Hall–Kier alpha value is -2.03. The number of benzene rings is 2. The largest absolute Gasteiger partial charge is 0.467 e. The van der Waals surface area contributed by atoms with Crippen molar-refractivity contribution in [1.29, 1.82) is 0 Å². The Kier molecular flexibility index (Phi) is 6.31. The summed E-state index contributed by atoms with van der Waals surface area (Å²) < 4.78 is 30.5. The Bertz CT molecular complexity index is 932. The number of rotatable bonds is 6. The molecule has 2 aliphatic heterocycles. The molecule has 2 aromatic rings. The van der Waals surface area contributed by atoms with E-state index < -0.39 is 37.9 Å². The average Bonchev–Trinajstić information content (AvgIpc) is 3.24. The first kappa shape index (κ1) is 24.1. The second kappa shape index (κ2) is 8.63. The molecule has 178 valence electrons. The van der Waals surface area contributed by atoms with Crippen LogP contribution in [0.5, 0.6) is 0 Å². The molecule has 0 saturated carbocycles. The van der Waals surface area contributed by atoms with Crippen LogP contribution in [0.2, 0.25) is 5.04 Å². The van der Waals surface area contributed by atoms with Crippen molar-refractivity contribution in [1.82, 2.24) is 0 Å². The van der Waals surface area contributed by atoms with E-state index in [2.05, 4.69) is 69.3 Å². The molecule has 33 heavy (non-hydrogen) atoms. The summed E-state index contributed by atoms with van der Waals surface area (Å²) in [5, 5.41) is 2.18. The molecule has 0 bridgehead atoms. The van der Waals surface area contributed by atoms with Gasteiger partial charge in [0.2, 0.25) is 0 Å². The van der Waals surface area contributed by atoms with E-state index in [0.29, 0.717) is 0 Å². The maximum absolute atomic E-state index is 12.4. The lowest BCUT2D eigenvalue weighted by Crippen LogP contribution is -2.68. The summed E-state index contributed by atoms with van der Waals surface area (Å²) in [4.78, 5) is 12.4. The lowest BCUT2D eigenvalue weighted by Gasteiger charge is -2.44. The van der Waals surface area contributed by atoms with Crippen LogP contribution in [0.4, 0.5) is 0 Å². The first-order chi connectivity index (χ1) is 15.5. The molecule has 2 aliphatic rings. The maximum Gasteiger partial charge on any atom is 0.337 e. The van der Waals surface area contributed by atoms with Crippen molar-refractivity contribution < 1.29 is 28.2 Å². The van der Waals surface area contributed by atoms with Gasteiger partial charge in [-0.05, 0) is 29.3 Å². The zero-order chi connectivity index (χ0) is 23.9. The van der Waals surface area contributed by atoms with Crippen LogP contribution < -0.4 is 10.4 Å². The highest BCUT2D eigenvalue weighted by atomic mass is 28.4. The van der Waals surface area contributed by atoms with Gasteiger partial charge in [0.05, 0.1) is 20.3 Å². The fraction of sp³-hybridized carbons (Fsp3) is 0.500. The molecule has 3 atom stereocenters. The molecule has 0 N–H and O–H groups in total. The summed E-state index contributed by atoms with van der Waals surface area (Å²) in [7, 11) is -1.44. The van der Waals surface area contributed by atoms with Crippen LogP contribution in [-0.4, -0.2) is 58.2 Å². The monoisotopic (exact) mass is 470 g/mol. The van der Waals surface area contributed by atoms with Crippen LogP contribution in [0.25, 0.3) is 0 Å². The molecular formula is C26H34O6Si. The van der Waals surface area contributed by atoms with Crippen LogP contribution in [0, 0.1) is 0 Å². The molecule has 0 radical (unpaired) electrons. The number of carbonyl (C=O) groups excluding carboxylic acids is 1. The second-order valence-electron chi connectivity index (χ2n) is 10.3. The summed E-state index contributed by atoms with van der Waals surface area (Å²) >= 11 is 0. The third kappa shape index (κ3) is 4.17. The SMILES string of the molecule is COC(=O)[C@@H]1OC[C@@]2(CO[Si](c3ccccc3)(c3ccccc3)C(C)(C)C)OC(C)(C)O[C@@H]12. The van der Waals surface area contributed by atoms with E-state index in [1.807, 2.05) is 26.0 Å². The minimum Gasteiger partial charge on any atom is -0.467 e. The van der Waals surface area contributed by atoms with Crippen molar-refractivity contribution in [3.8, 4) is 0 Å². The van der Waals surface area contributed by atoms with Crippen LogP contribution >= 0.6 is 0 Å². The summed E-state index contributed by atoms with van der Waals surface area (Å²) in [5.41, 5.74) is -0.907. The van der Waals surface area contributed by atoms with Crippen LogP contribution in [-0.2, 0) is 28.2 Å². The molecule has 2 heterocycles. The second-order valence-corrected chi connectivity index (χ2v) is 14.6. The summed E-state index contributed by atoms with van der Waals surface area (Å²) in [6.07, 6.45) is -1.46. The van der Waals surface area contributed by atoms with Crippen molar-refractivity contribution in [2.45, 2.75) is 63.3 Å². The molecule has 0 amide bonds. The van der Waals surface area contributed by atoms with Crippen LogP contribution in [0.15, 0.2) is 60.7 Å². The normalized spacial score (nSPS) is 26.7. The lowest BCUT2D eigenvalue weighted by atomic mass is 9.98. The highest BCUT2D eigenvalue weighted by Crippen LogP contribution is 2.45. The third-order valence-corrected chi connectivity index (χ3v) is 11.5. The molecule has 0 aromatic heterocycles. The van der Waals surface area contributed by atoms with Crippen molar-refractivity contribution in [2.75, 3.05) is 20.3 Å². The highest BCUT2D eigenvalue weighted by molar-refractivity contribution is 6.99. The molecule has 2 fully saturated rings. The molecule has 7 heteroatoms. The third-order valence-electron chi connectivity index (χ3n) is 6.54. The first-order valence-electron chi connectivity index (χ1n) is 11.4. The lowest BCUT2D eigenvalue weighted by molar-refractivity contribution is -0.198. The van der Waals surface area contributed by atoms with Gasteiger partial charge >= 0.3 is 5.97 Å². The number of hydrogen-bond donors (Lipinski definition) is 0. The number of fused-ring (bicyclic) bond motifs is 1. The quantitative estimate of drug-likeness (QED) is 0.478. The zero-order valence-corrected chi connectivity index (χ0v) is 21.3. The van der Waals surface area contributed by atoms with Gasteiger partial charge in [-0.3, -0.25) is 0 Å². The Balaban J connectivity index is 1.77. The molecule has 2 aromatic carbocycles. The Labute approximate surface area is 197 Å². The van der Waals surface area contributed by atoms with E-state index >= 15 is 0 Å². The van der Waals surface area contributed by atoms with E-state index in [1.54, 1.807) is 0 Å². The summed E-state index contributed by atoms with van der Waals surface area (Å²) in [6, 6.07) is 20.9. The predicted octanol–water partition coefficient (Wildman–Crippen LogP) is 3.03. The number of hydrogen-bond acceptors (Lipinski definition) is 6. The van der Waals surface area contributed by atoms with Gasteiger partial charge in [-0.2, -0.15) is 0 Å². The van der Waals surface area contributed by atoms with E-state index in [0.717, 1.165) is 0 Å². The van der Waals surface area contributed by atoms with Gasteiger partial charge in [-0.1, -0.05) is 81.4 Å². The number of esters is 1. The van der Waals surface area contributed by atoms with E-state index in [4.69, 9.17) is 23.4 Å². The smallest absolute Gasteiger partial charge is 0.337 e. The average molecular weight is 471 g/mol. The number of carbonyl (C=O) groups is 1. The fourth-order valence-electron chi connectivity index (χ4n) is 5.21. The number of methoxy groups -OCH3 is 1. The van der Waals surface area contributed by atoms with Gasteiger partial charge in [-0.25, -0.2) is 4.79 Å². The summed E-state index contributed by atoms with van der Waals surface area (Å²) in [5.74, 6) is -1.33. The van der Waals surface area contributed by atoms with E-state index in [1.165, 1.54) is 17.5 Å². The first-order valence-corrected chi connectivity index (χ1v) is 13.3. The molecular weight excluding hydrogens is 436 g/mol. The molecule has 4 rings (SSSR count). The van der Waals surface area contributed by atoms with Crippen molar-refractivity contribution in [3.05, 3.63) is 60.7 Å². The van der Waals surface area contributed by atoms with Crippen molar-refractivity contribution >= 4 is 24.7 Å². The standard InChI is InChI=1S/C26H34O6Si/c1-24(2,3)33(19-13-9-7-10-14-19,20-15-11-8-12-16-20)30-18-26-17-29-21(23(27)28-6)22(26)31-25(4,5)32-26/h7-16,21-22H,17-18H2,1-6H3/t21-,22+,26+/m1/s1. The van der Waals surface area contributed by atoms with Gasteiger partial charge in [0.25, 0.3) is 8.32 Å². The highest BCUT2D eigenvalue weighted by Gasteiger charge is 2.64. The van der Waals surface area contributed by atoms with Gasteiger partial charge in [0, 0.05) is 0 Å². The Morgan fingerprint density at radius 1 is 1.03 bits per heavy atom. The zero-order valence-electron chi connectivity index (χ0n) is 20.3. The molecule has 6 nitrogen and oxygen atoms in total. The van der Waals surface area contributed by atoms with Crippen molar-refractivity contribution in [3.63, 3.8) is 0 Å². The fourth-order valence-corrected chi connectivity index (χ4v) is 9.82.